The van der Waals surface area contributed by atoms with E-state index in [0.29, 0.717) is 15.8 Å². The van der Waals surface area contributed by atoms with Crippen LogP contribution in [0.25, 0.3) is 10.9 Å². The molecule has 0 fully saturated rings. The van der Waals surface area contributed by atoms with Crippen molar-refractivity contribution < 1.29 is 18.1 Å². The van der Waals surface area contributed by atoms with Crippen molar-refractivity contribution in [1.29, 1.82) is 0 Å². The number of H-pyrrole nitrogens is 1. The molecule has 1 aromatic carbocycles. The van der Waals surface area contributed by atoms with Crippen LogP contribution in [0.4, 0.5) is 18.9 Å². The van der Waals surface area contributed by atoms with E-state index >= 15 is 0 Å². The number of nitro benzene ring substituents is 1. The van der Waals surface area contributed by atoms with E-state index in [1.165, 1.54) is 12.1 Å². The summed E-state index contributed by atoms with van der Waals surface area (Å²) in [5.74, 6) is -0.112. The summed E-state index contributed by atoms with van der Waals surface area (Å²) in [6.45, 7) is 0. The molecule has 4 nitrogen and oxygen atoms in total. The summed E-state index contributed by atoms with van der Waals surface area (Å²) in [7, 11) is 0. The summed E-state index contributed by atoms with van der Waals surface area (Å²) in [4.78, 5) is 13.6. The number of nitrogens with zero attached hydrogens (tertiary/aromatic N) is 1. The van der Waals surface area contributed by atoms with Crippen LogP contribution < -0.4 is 0 Å². The van der Waals surface area contributed by atoms with Gasteiger partial charge in [0.2, 0.25) is 0 Å². The van der Waals surface area contributed by atoms with Gasteiger partial charge < -0.3 is 4.98 Å². The van der Waals surface area contributed by atoms with E-state index in [-0.39, 0.29) is 11.4 Å². The molecular weight excluding hydrogens is 281 g/mol. The number of fused-ring (bicyclic) bond motifs is 1. The monoisotopic (exact) mass is 290 g/mol. The fraction of sp³-hybridized carbons (Fsp3) is 0.273. The third kappa shape index (κ3) is 3.40. The number of halogens is 3. The minimum absolute atomic E-state index is 0.0789. The zero-order valence-electron chi connectivity index (χ0n) is 9.53. The van der Waals surface area contributed by atoms with Crippen molar-refractivity contribution in [2.24, 2.45) is 0 Å². The van der Waals surface area contributed by atoms with Crippen LogP contribution in [0.15, 0.2) is 29.3 Å². The topological polar surface area (TPSA) is 58.9 Å². The van der Waals surface area contributed by atoms with Crippen molar-refractivity contribution in [2.45, 2.75) is 17.5 Å². The van der Waals surface area contributed by atoms with Gasteiger partial charge in [-0.1, -0.05) is 0 Å². The minimum atomic E-state index is -4.19. The van der Waals surface area contributed by atoms with Gasteiger partial charge in [0.25, 0.3) is 5.69 Å². The van der Waals surface area contributed by atoms with Crippen molar-refractivity contribution in [1.82, 2.24) is 4.98 Å². The Hall–Kier alpha value is -1.70. The van der Waals surface area contributed by atoms with Gasteiger partial charge in [0.1, 0.15) is 0 Å². The van der Waals surface area contributed by atoms with Crippen LogP contribution in [-0.2, 0) is 0 Å². The van der Waals surface area contributed by atoms with Gasteiger partial charge in [-0.25, -0.2) is 0 Å². The SMILES string of the molecule is O=[N+]([O-])c1ccc2[nH]cc(SCCC(F)(F)F)c2c1. The van der Waals surface area contributed by atoms with Gasteiger partial charge >= 0.3 is 6.18 Å². The molecule has 0 aliphatic heterocycles. The summed E-state index contributed by atoms with van der Waals surface area (Å²) >= 11 is 1.03. The Labute approximate surface area is 110 Å². The standard InChI is InChI=1S/C11H9F3N2O2S/c12-11(13,14)3-4-19-10-6-15-9-2-1-7(16(17)18)5-8(9)10/h1-2,5-6,15H,3-4H2. The smallest absolute Gasteiger partial charge is 0.360 e. The lowest BCUT2D eigenvalue weighted by molar-refractivity contribution is -0.384. The number of hydrogen-bond acceptors (Lipinski definition) is 3. The first kappa shape index (κ1) is 13.7. The molecule has 0 unspecified atom stereocenters. The molecule has 2 aromatic rings. The lowest BCUT2D eigenvalue weighted by Crippen LogP contribution is -2.07. The van der Waals surface area contributed by atoms with E-state index < -0.39 is 17.5 Å². The summed E-state index contributed by atoms with van der Waals surface area (Å²) in [6, 6.07) is 4.26. The van der Waals surface area contributed by atoms with Gasteiger partial charge in [-0.3, -0.25) is 10.1 Å². The maximum absolute atomic E-state index is 12.1. The second-order valence-electron chi connectivity index (χ2n) is 3.85. The van der Waals surface area contributed by atoms with Crippen molar-refractivity contribution in [2.75, 3.05) is 5.75 Å². The van der Waals surface area contributed by atoms with Crippen molar-refractivity contribution in [3.63, 3.8) is 0 Å². The molecule has 0 amide bonds. The van der Waals surface area contributed by atoms with Crippen molar-refractivity contribution >= 4 is 28.4 Å². The van der Waals surface area contributed by atoms with E-state index in [0.717, 1.165) is 11.8 Å². The van der Waals surface area contributed by atoms with Crippen LogP contribution >= 0.6 is 11.8 Å². The molecule has 0 bridgehead atoms. The van der Waals surface area contributed by atoms with Gasteiger partial charge in [-0.2, -0.15) is 13.2 Å². The Bertz CT molecular complexity index is 609. The summed E-state index contributed by atoms with van der Waals surface area (Å²) in [6.07, 6.45) is -3.51. The number of aromatic amines is 1. The highest BCUT2D eigenvalue weighted by atomic mass is 32.2. The molecule has 102 valence electrons. The quantitative estimate of drug-likeness (QED) is 0.523. The Kier molecular flexibility index (Phi) is 3.70. The van der Waals surface area contributed by atoms with Crippen molar-refractivity contribution in [3.05, 3.63) is 34.5 Å². The molecule has 0 saturated heterocycles. The molecule has 1 N–H and O–H groups in total. The van der Waals surface area contributed by atoms with Gasteiger partial charge in [-0.15, -0.1) is 11.8 Å². The van der Waals surface area contributed by atoms with Gasteiger partial charge in [0, 0.05) is 39.9 Å². The number of rotatable bonds is 4. The highest BCUT2D eigenvalue weighted by Gasteiger charge is 2.26. The molecule has 2 rings (SSSR count). The second-order valence-corrected chi connectivity index (χ2v) is 4.99. The van der Waals surface area contributed by atoms with Crippen molar-refractivity contribution in [3.8, 4) is 0 Å². The molecule has 0 aliphatic rings. The van der Waals surface area contributed by atoms with Crippen LogP contribution in [0.2, 0.25) is 0 Å². The fourth-order valence-electron chi connectivity index (χ4n) is 1.59. The third-order valence-corrected chi connectivity index (χ3v) is 3.54. The van der Waals surface area contributed by atoms with Gasteiger partial charge in [-0.05, 0) is 6.07 Å². The predicted octanol–water partition coefficient (Wildman–Crippen LogP) is 4.12. The van der Waals surface area contributed by atoms with Gasteiger partial charge in [0.15, 0.2) is 0 Å². The Balaban J connectivity index is 2.19. The van der Waals surface area contributed by atoms with Crippen LogP contribution in [0, 0.1) is 10.1 Å². The molecular formula is C11H9F3N2O2S. The first-order valence-corrected chi connectivity index (χ1v) is 6.30. The molecule has 0 spiro atoms. The Morgan fingerprint density at radius 1 is 1.37 bits per heavy atom. The molecule has 8 heteroatoms. The average Bonchev–Trinajstić information content (AvgIpc) is 2.70. The minimum Gasteiger partial charge on any atom is -0.360 e. The number of nitro groups is 1. The molecule has 1 aromatic heterocycles. The molecule has 0 radical (unpaired) electrons. The maximum Gasteiger partial charge on any atom is 0.389 e. The Morgan fingerprint density at radius 3 is 2.74 bits per heavy atom. The maximum atomic E-state index is 12.1. The van der Waals surface area contributed by atoms with Crippen LogP contribution in [0.1, 0.15) is 6.42 Å². The largest absolute Gasteiger partial charge is 0.389 e. The Morgan fingerprint density at radius 2 is 2.11 bits per heavy atom. The van der Waals surface area contributed by atoms with Gasteiger partial charge in [0.05, 0.1) is 11.3 Å². The van der Waals surface area contributed by atoms with E-state index in [1.54, 1.807) is 12.3 Å². The zero-order valence-corrected chi connectivity index (χ0v) is 10.3. The normalized spacial score (nSPS) is 11.9. The number of nitrogens with one attached hydrogen (secondary N) is 1. The summed E-state index contributed by atoms with van der Waals surface area (Å²) in [5.41, 5.74) is 0.588. The number of benzene rings is 1. The number of thioether (sulfide) groups is 1. The lowest BCUT2D eigenvalue weighted by Gasteiger charge is -2.04. The van der Waals surface area contributed by atoms with Crippen LogP contribution in [0.5, 0.6) is 0 Å². The van der Waals surface area contributed by atoms with E-state index in [2.05, 4.69) is 4.98 Å². The second kappa shape index (κ2) is 5.12. The number of non-ortho nitro benzene ring substituents is 1. The molecule has 19 heavy (non-hydrogen) atoms. The molecule has 0 saturated carbocycles. The molecule has 0 atom stereocenters. The fourth-order valence-corrected chi connectivity index (χ4v) is 2.61. The summed E-state index contributed by atoms with van der Waals surface area (Å²) < 4.78 is 36.2. The number of alkyl halides is 3. The zero-order chi connectivity index (χ0) is 14.0. The highest BCUT2D eigenvalue weighted by Crippen LogP contribution is 2.32. The molecule has 0 aliphatic carbocycles. The first-order valence-electron chi connectivity index (χ1n) is 5.32. The lowest BCUT2D eigenvalue weighted by atomic mass is 10.2. The summed E-state index contributed by atoms with van der Waals surface area (Å²) in [5, 5.41) is 11.2. The predicted molar refractivity (Wildman–Crippen MR) is 66.3 cm³/mol. The molecule has 1 heterocycles. The average molecular weight is 290 g/mol. The first-order chi connectivity index (χ1) is 8.87. The third-order valence-electron chi connectivity index (χ3n) is 2.48. The van der Waals surface area contributed by atoms with E-state index in [4.69, 9.17) is 0 Å². The highest BCUT2D eigenvalue weighted by molar-refractivity contribution is 7.99. The number of aromatic nitrogens is 1. The van der Waals surface area contributed by atoms with E-state index in [9.17, 15) is 23.3 Å². The number of hydrogen-bond donors (Lipinski definition) is 1. The van der Waals surface area contributed by atoms with Crippen LogP contribution in [0.3, 0.4) is 0 Å². The van der Waals surface area contributed by atoms with Crippen LogP contribution in [-0.4, -0.2) is 21.8 Å². The van der Waals surface area contributed by atoms with E-state index in [1.807, 2.05) is 0 Å².